The van der Waals surface area contributed by atoms with E-state index < -0.39 is 0 Å². The highest BCUT2D eigenvalue weighted by atomic mass is 127. The quantitative estimate of drug-likeness (QED) is 0.404. The minimum absolute atomic E-state index is 0. The maximum absolute atomic E-state index is 5.42. The van der Waals surface area contributed by atoms with Crippen LogP contribution in [0.1, 0.15) is 26.3 Å². The van der Waals surface area contributed by atoms with Crippen LogP contribution in [0.15, 0.2) is 23.2 Å². The monoisotopic (exact) mass is 421 g/mol. The predicted molar refractivity (Wildman–Crippen MR) is 103 cm³/mol. The largest absolute Gasteiger partial charge is 0.493 e. The normalized spacial score (nSPS) is 10.9. The van der Waals surface area contributed by atoms with Crippen LogP contribution < -0.4 is 20.1 Å². The van der Waals surface area contributed by atoms with Crippen molar-refractivity contribution >= 4 is 29.9 Å². The summed E-state index contributed by atoms with van der Waals surface area (Å²) in [6, 6.07) is 5.83. The van der Waals surface area contributed by atoms with Gasteiger partial charge in [-0.15, -0.1) is 24.0 Å². The number of ether oxygens (including phenoxy) is 2. The summed E-state index contributed by atoms with van der Waals surface area (Å²) in [5, 5.41) is 6.56. The molecule has 126 valence electrons. The van der Waals surface area contributed by atoms with E-state index in [2.05, 4.69) is 36.4 Å². The zero-order chi connectivity index (χ0) is 15.7. The number of benzene rings is 1. The molecule has 0 aromatic heterocycles. The van der Waals surface area contributed by atoms with Crippen LogP contribution in [0.3, 0.4) is 0 Å². The fourth-order valence-corrected chi connectivity index (χ4v) is 1.88. The van der Waals surface area contributed by atoms with E-state index in [1.165, 1.54) is 0 Å². The van der Waals surface area contributed by atoms with Gasteiger partial charge in [0.2, 0.25) is 0 Å². The Labute approximate surface area is 150 Å². The van der Waals surface area contributed by atoms with Gasteiger partial charge in [0.25, 0.3) is 0 Å². The van der Waals surface area contributed by atoms with Crippen molar-refractivity contribution in [2.24, 2.45) is 10.9 Å². The second kappa shape index (κ2) is 11.4. The van der Waals surface area contributed by atoms with Crippen molar-refractivity contribution in [1.29, 1.82) is 0 Å². The topological polar surface area (TPSA) is 54.9 Å². The zero-order valence-electron chi connectivity index (χ0n) is 14.1. The van der Waals surface area contributed by atoms with Crippen LogP contribution in [0.2, 0.25) is 0 Å². The molecule has 5 nitrogen and oxygen atoms in total. The molecule has 0 saturated heterocycles. The molecule has 22 heavy (non-hydrogen) atoms. The molecule has 0 aliphatic rings. The van der Waals surface area contributed by atoms with Crippen molar-refractivity contribution in [3.8, 4) is 11.5 Å². The van der Waals surface area contributed by atoms with Gasteiger partial charge in [-0.25, -0.2) is 4.99 Å². The van der Waals surface area contributed by atoms with Gasteiger partial charge in [-0.05, 0) is 18.9 Å². The highest BCUT2D eigenvalue weighted by molar-refractivity contribution is 14.0. The number of halogens is 1. The first-order valence-electron chi connectivity index (χ1n) is 7.34. The molecule has 0 fully saturated rings. The summed E-state index contributed by atoms with van der Waals surface area (Å²) in [6.45, 7) is 8.65. The molecule has 0 unspecified atom stereocenters. The Bertz CT molecular complexity index is 465. The third kappa shape index (κ3) is 6.72. The molecule has 1 rings (SSSR count). The lowest BCUT2D eigenvalue weighted by Gasteiger charge is -2.14. The maximum Gasteiger partial charge on any atom is 0.191 e. The minimum atomic E-state index is 0. The number of hydrogen-bond acceptors (Lipinski definition) is 3. The van der Waals surface area contributed by atoms with E-state index in [4.69, 9.17) is 9.47 Å². The lowest BCUT2D eigenvalue weighted by atomic mass is 10.2. The molecule has 0 heterocycles. The summed E-state index contributed by atoms with van der Waals surface area (Å²) in [7, 11) is 3.28. The Kier molecular flexibility index (Phi) is 10.8. The molecule has 1 aromatic rings. The summed E-state index contributed by atoms with van der Waals surface area (Å²) in [5.41, 5.74) is 0.999. The van der Waals surface area contributed by atoms with E-state index in [1.54, 1.807) is 14.2 Å². The fourth-order valence-electron chi connectivity index (χ4n) is 1.88. The van der Waals surface area contributed by atoms with E-state index in [0.717, 1.165) is 36.1 Å². The number of nitrogens with one attached hydrogen (secondary N) is 2. The van der Waals surface area contributed by atoms with Crippen LogP contribution in [0, 0.1) is 5.92 Å². The molecule has 1 aromatic carbocycles. The minimum Gasteiger partial charge on any atom is -0.493 e. The van der Waals surface area contributed by atoms with E-state index in [-0.39, 0.29) is 24.0 Å². The van der Waals surface area contributed by atoms with E-state index in [9.17, 15) is 0 Å². The van der Waals surface area contributed by atoms with Gasteiger partial charge in [-0.2, -0.15) is 0 Å². The number of rotatable bonds is 7. The van der Waals surface area contributed by atoms with Gasteiger partial charge < -0.3 is 20.1 Å². The van der Waals surface area contributed by atoms with Crippen LogP contribution >= 0.6 is 24.0 Å². The van der Waals surface area contributed by atoms with Crippen LogP contribution in [0.4, 0.5) is 0 Å². The highest BCUT2D eigenvalue weighted by Gasteiger charge is 2.09. The van der Waals surface area contributed by atoms with Gasteiger partial charge in [0.1, 0.15) is 0 Å². The maximum atomic E-state index is 5.42. The Morgan fingerprint density at radius 2 is 1.91 bits per heavy atom. The Morgan fingerprint density at radius 1 is 1.18 bits per heavy atom. The lowest BCUT2D eigenvalue weighted by molar-refractivity contribution is 0.352. The molecule has 0 spiro atoms. The van der Waals surface area contributed by atoms with Gasteiger partial charge in [0, 0.05) is 18.7 Å². The summed E-state index contributed by atoms with van der Waals surface area (Å²) in [4.78, 5) is 4.60. The second-order valence-corrected chi connectivity index (χ2v) is 5.12. The van der Waals surface area contributed by atoms with Crippen LogP contribution in [-0.2, 0) is 6.54 Å². The molecular weight excluding hydrogens is 393 g/mol. The van der Waals surface area contributed by atoms with Gasteiger partial charge in [-0.3, -0.25) is 0 Å². The third-order valence-electron chi connectivity index (χ3n) is 2.91. The molecule has 0 aliphatic carbocycles. The van der Waals surface area contributed by atoms with Gasteiger partial charge in [-0.1, -0.05) is 26.0 Å². The second-order valence-electron chi connectivity index (χ2n) is 5.12. The van der Waals surface area contributed by atoms with Gasteiger partial charge >= 0.3 is 0 Å². The number of methoxy groups -OCH3 is 2. The van der Waals surface area contributed by atoms with Crippen molar-refractivity contribution in [2.75, 3.05) is 27.3 Å². The van der Waals surface area contributed by atoms with Crippen molar-refractivity contribution in [2.45, 2.75) is 27.3 Å². The number of guanidine groups is 1. The molecule has 2 N–H and O–H groups in total. The van der Waals surface area contributed by atoms with Crippen molar-refractivity contribution in [3.63, 3.8) is 0 Å². The first-order valence-corrected chi connectivity index (χ1v) is 7.34. The van der Waals surface area contributed by atoms with Crippen molar-refractivity contribution < 1.29 is 9.47 Å². The summed E-state index contributed by atoms with van der Waals surface area (Å²) >= 11 is 0. The standard InChI is InChI=1S/C16H27N3O2.HI/c1-6-17-16(18-10-12(2)3)19-11-13-8-7-9-14(20-4)15(13)21-5;/h7-9,12H,6,10-11H2,1-5H3,(H2,17,18,19);1H. The number of nitrogens with zero attached hydrogens (tertiary/aromatic N) is 1. The summed E-state index contributed by atoms with van der Waals surface area (Å²) < 4.78 is 10.7. The highest BCUT2D eigenvalue weighted by Crippen LogP contribution is 2.30. The number of aliphatic imine (C=N–C) groups is 1. The number of para-hydroxylation sites is 1. The van der Waals surface area contributed by atoms with Crippen molar-refractivity contribution in [3.05, 3.63) is 23.8 Å². The smallest absolute Gasteiger partial charge is 0.191 e. The Hall–Kier alpha value is -1.18. The average molecular weight is 421 g/mol. The molecule has 0 bridgehead atoms. The first kappa shape index (κ1) is 20.8. The third-order valence-corrected chi connectivity index (χ3v) is 2.91. The lowest BCUT2D eigenvalue weighted by Crippen LogP contribution is -2.39. The summed E-state index contributed by atoms with van der Waals surface area (Å²) in [5.74, 6) is 2.85. The Balaban J connectivity index is 0.00000441. The average Bonchev–Trinajstić information content (AvgIpc) is 2.49. The zero-order valence-corrected chi connectivity index (χ0v) is 16.4. The van der Waals surface area contributed by atoms with E-state index >= 15 is 0 Å². The Morgan fingerprint density at radius 3 is 2.45 bits per heavy atom. The molecular formula is C16H28IN3O2. The van der Waals surface area contributed by atoms with E-state index in [0.29, 0.717) is 12.5 Å². The van der Waals surface area contributed by atoms with Crippen LogP contribution in [0.5, 0.6) is 11.5 Å². The molecule has 0 aliphatic heterocycles. The first-order chi connectivity index (χ1) is 10.1. The van der Waals surface area contributed by atoms with Crippen LogP contribution in [-0.4, -0.2) is 33.3 Å². The van der Waals surface area contributed by atoms with Crippen molar-refractivity contribution in [1.82, 2.24) is 10.6 Å². The van der Waals surface area contributed by atoms with Gasteiger partial charge in [0.15, 0.2) is 17.5 Å². The van der Waals surface area contributed by atoms with E-state index in [1.807, 2.05) is 18.2 Å². The molecule has 6 heteroatoms. The van der Waals surface area contributed by atoms with Crippen LogP contribution in [0.25, 0.3) is 0 Å². The SMILES string of the molecule is CCNC(=NCc1cccc(OC)c1OC)NCC(C)C.I. The number of hydrogen-bond donors (Lipinski definition) is 2. The molecule has 0 amide bonds. The molecule has 0 radical (unpaired) electrons. The summed E-state index contributed by atoms with van der Waals surface area (Å²) in [6.07, 6.45) is 0. The molecule has 0 atom stereocenters. The molecule has 0 saturated carbocycles. The fraction of sp³-hybridized carbons (Fsp3) is 0.562. The van der Waals surface area contributed by atoms with Gasteiger partial charge in [0.05, 0.1) is 20.8 Å². The predicted octanol–water partition coefficient (Wildman–Crippen LogP) is 3.03.